The summed E-state index contributed by atoms with van der Waals surface area (Å²) in [5, 5.41) is 0. The van der Waals surface area contributed by atoms with Crippen LogP contribution in [0.1, 0.15) is 30.0 Å². The number of nitrogens with zero attached hydrogens (tertiary/aromatic N) is 1. The van der Waals surface area contributed by atoms with Crippen LogP contribution in [0.4, 0.5) is 4.39 Å². The van der Waals surface area contributed by atoms with Crippen LogP contribution in [0.25, 0.3) is 16.3 Å². The molecular weight excluding hydrogens is 245 g/mol. The Hall–Kier alpha value is -1.48. The Morgan fingerprint density at radius 1 is 1.44 bits per heavy atom. The maximum atomic E-state index is 13.5. The van der Waals surface area contributed by atoms with Crippen LogP contribution in [0.5, 0.6) is 0 Å². The Labute approximate surface area is 111 Å². The van der Waals surface area contributed by atoms with Crippen molar-refractivity contribution < 1.29 is 4.39 Å². The Morgan fingerprint density at radius 2 is 2.22 bits per heavy atom. The lowest BCUT2D eigenvalue weighted by Gasteiger charge is -2.04. The second kappa shape index (κ2) is 5.44. The van der Waals surface area contributed by atoms with Gasteiger partial charge in [-0.3, -0.25) is 4.98 Å². The number of thiophene rings is 1. The van der Waals surface area contributed by atoms with Crippen LogP contribution in [0.15, 0.2) is 30.5 Å². The maximum absolute atomic E-state index is 13.5. The molecular formula is C15H16FNS. The molecule has 0 spiro atoms. The van der Waals surface area contributed by atoms with E-state index in [-0.39, 0.29) is 5.83 Å². The summed E-state index contributed by atoms with van der Waals surface area (Å²) >= 11 is 1.77. The molecule has 0 N–H and O–H groups in total. The summed E-state index contributed by atoms with van der Waals surface area (Å²) in [5.41, 5.74) is 2.37. The first kappa shape index (κ1) is 13.0. The molecule has 0 atom stereocenters. The summed E-state index contributed by atoms with van der Waals surface area (Å²) in [6, 6.07) is 6.23. The van der Waals surface area contributed by atoms with E-state index in [1.54, 1.807) is 24.5 Å². The van der Waals surface area contributed by atoms with Gasteiger partial charge in [0, 0.05) is 21.5 Å². The third kappa shape index (κ3) is 2.51. The lowest BCUT2D eigenvalue weighted by molar-refractivity contribution is 0.749. The van der Waals surface area contributed by atoms with E-state index >= 15 is 0 Å². The van der Waals surface area contributed by atoms with E-state index in [0.717, 1.165) is 17.5 Å². The number of pyridine rings is 1. The number of halogens is 1. The van der Waals surface area contributed by atoms with E-state index in [0.29, 0.717) is 5.69 Å². The van der Waals surface area contributed by atoms with Crippen LogP contribution in [0.2, 0.25) is 0 Å². The minimum absolute atomic E-state index is 0.264. The van der Waals surface area contributed by atoms with Gasteiger partial charge < -0.3 is 0 Å². The van der Waals surface area contributed by atoms with Crippen molar-refractivity contribution in [2.75, 3.05) is 0 Å². The van der Waals surface area contributed by atoms with Gasteiger partial charge in [-0.2, -0.15) is 0 Å². The number of aromatic nitrogens is 1. The second-order valence-electron chi connectivity index (χ2n) is 4.15. The van der Waals surface area contributed by atoms with Gasteiger partial charge in [-0.05, 0) is 50.1 Å². The quantitative estimate of drug-likeness (QED) is 0.756. The molecule has 0 aromatic carbocycles. The second-order valence-corrected chi connectivity index (χ2v) is 5.31. The highest BCUT2D eigenvalue weighted by Gasteiger charge is 2.08. The van der Waals surface area contributed by atoms with Crippen molar-refractivity contribution in [1.29, 1.82) is 0 Å². The number of aryl methyl sites for hydroxylation is 2. The Kier molecular flexibility index (Phi) is 3.92. The zero-order valence-corrected chi connectivity index (χ0v) is 11.6. The molecule has 0 saturated heterocycles. The van der Waals surface area contributed by atoms with Crippen molar-refractivity contribution in [1.82, 2.24) is 4.98 Å². The summed E-state index contributed by atoms with van der Waals surface area (Å²) < 4.78 is 13.5. The van der Waals surface area contributed by atoms with Gasteiger partial charge in [0.1, 0.15) is 11.5 Å². The van der Waals surface area contributed by atoms with Gasteiger partial charge in [-0.25, -0.2) is 4.39 Å². The van der Waals surface area contributed by atoms with Crippen molar-refractivity contribution >= 4 is 17.2 Å². The van der Waals surface area contributed by atoms with Crippen LogP contribution < -0.4 is 0 Å². The molecule has 3 heteroatoms. The first-order valence-electron chi connectivity index (χ1n) is 6.03. The summed E-state index contributed by atoms with van der Waals surface area (Å²) in [4.78, 5) is 6.77. The zero-order valence-electron chi connectivity index (χ0n) is 10.8. The fourth-order valence-corrected chi connectivity index (χ4v) is 2.75. The standard InChI is InChI=1S/C15H16FNS/c1-4-12-6-7-14(18-12)11-8-10(3)15(17-9-11)13(16)5-2/h5-9H,4H2,1-3H3/b13-5+. The molecule has 0 radical (unpaired) electrons. The lowest BCUT2D eigenvalue weighted by Crippen LogP contribution is -1.90. The van der Waals surface area contributed by atoms with E-state index in [4.69, 9.17) is 0 Å². The first-order valence-corrected chi connectivity index (χ1v) is 6.85. The summed E-state index contributed by atoms with van der Waals surface area (Å²) in [5.74, 6) is -0.264. The van der Waals surface area contributed by atoms with Gasteiger partial charge in [-0.15, -0.1) is 11.3 Å². The predicted molar refractivity (Wildman–Crippen MR) is 76.4 cm³/mol. The predicted octanol–water partition coefficient (Wildman–Crippen LogP) is 5.01. The highest BCUT2D eigenvalue weighted by atomic mass is 32.1. The lowest BCUT2D eigenvalue weighted by atomic mass is 10.1. The van der Waals surface area contributed by atoms with Crippen LogP contribution >= 0.6 is 11.3 Å². The highest BCUT2D eigenvalue weighted by Crippen LogP contribution is 2.30. The average Bonchev–Trinajstić information content (AvgIpc) is 2.86. The van der Waals surface area contributed by atoms with Crippen LogP contribution in [-0.4, -0.2) is 4.98 Å². The molecule has 94 valence electrons. The fraction of sp³-hybridized carbons (Fsp3) is 0.267. The van der Waals surface area contributed by atoms with Crippen LogP contribution in [0, 0.1) is 6.92 Å². The summed E-state index contributed by atoms with van der Waals surface area (Å²) in [6.07, 6.45) is 4.23. The monoisotopic (exact) mass is 261 g/mol. The first-order chi connectivity index (χ1) is 8.65. The molecule has 2 aromatic rings. The summed E-state index contributed by atoms with van der Waals surface area (Å²) in [6.45, 7) is 5.71. The highest BCUT2D eigenvalue weighted by molar-refractivity contribution is 7.15. The number of allylic oxidation sites excluding steroid dienone is 1. The molecule has 2 heterocycles. The molecule has 1 nitrogen and oxygen atoms in total. The Morgan fingerprint density at radius 3 is 2.78 bits per heavy atom. The van der Waals surface area contributed by atoms with E-state index < -0.39 is 0 Å². The topological polar surface area (TPSA) is 12.9 Å². The molecule has 0 aliphatic rings. The molecule has 0 aliphatic heterocycles. The molecule has 2 rings (SSSR count). The van der Waals surface area contributed by atoms with Crippen molar-refractivity contribution in [2.45, 2.75) is 27.2 Å². The molecule has 0 saturated carbocycles. The molecule has 0 unspecified atom stereocenters. The Balaban J connectivity index is 2.39. The van der Waals surface area contributed by atoms with Crippen molar-refractivity contribution in [3.63, 3.8) is 0 Å². The molecule has 0 aliphatic carbocycles. The maximum Gasteiger partial charge on any atom is 0.144 e. The SMILES string of the molecule is C/C=C(/F)c1ncc(-c2ccc(CC)s2)cc1C. The molecule has 18 heavy (non-hydrogen) atoms. The van der Waals surface area contributed by atoms with E-state index in [9.17, 15) is 4.39 Å². The average molecular weight is 261 g/mol. The molecule has 2 aromatic heterocycles. The van der Waals surface area contributed by atoms with Crippen molar-refractivity contribution in [3.05, 3.63) is 46.6 Å². The molecule has 0 amide bonds. The smallest absolute Gasteiger partial charge is 0.144 e. The minimum Gasteiger partial charge on any atom is -0.253 e. The van der Waals surface area contributed by atoms with E-state index in [2.05, 4.69) is 24.0 Å². The van der Waals surface area contributed by atoms with Gasteiger partial charge in [0.05, 0.1) is 0 Å². The number of hydrogen-bond donors (Lipinski definition) is 0. The number of rotatable bonds is 3. The summed E-state index contributed by atoms with van der Waals surface area (Å²) in [7, 11) is 0. The van der Waals surface area contributed by atoms with Crippen molar-refractivity contribution in [3.8, 4) is 10.4 Å². The van der Waals surface area contributed by atoms with E-state index in [1.807, 2.05) is 13.0 Å². The minimum atomic E-state index is -0.264. The van der Waals surface area contributed by atoms with Gasteiger partial charge in [0.15, 0.2) is 0 Å². The fourth-order valence-electron chi connectivity index (χ4n) is 1.82. The van der Waals surface area contributed by atoms with Gasteiger partial charge in [-0.1, -0.05) is 6.92 Å². The molecule has 0 fully saturated rings. The normalized spacial score (nSPS) is 11.9. The van der Waals surface area contributed by atoms with Gasteiger partial charge >= 0.3 is 0 Å². The zero-order chi connectivity index (χ0) is 13.1. The van der Waals surface area contributed by atoms with Crippen LogP contribution in [-0.2, 0) is 6.42 Å². The Bertz CT molecular complexity index is 584. The molecule has 0 bridgehead atoms. The third-order valence-corrected chi connectivity index (χ3v) is 4.13. The largest absolute Gasteiger partial charge is 0.253 e. The van der Waals surface area contributed by atoms with Crippen molar-refractivity contribution in [2.24, 2.45) is 0 Å². The van der Waals surface area contributed by atoms with Gasteiger partial charge in [0.2, 0.25) is 0 Å². The van der Waals surface area contributed by atoms with Crippen LogP contribution in [0.3, 0.4) is 0 Å². The number of hydrogen-bond acceptors (Lipinski definition) is 2. The van der Waals surface area contributed by atoms with Gasteiger partial charge in [0.25, 0.3) is 0 Å². The van der Waals surface area contributed by atoms with E-state index in [1.165, 1.54) is 15.8 Å². The third-order valence-electron chi connectivity index (χ3n) is 2.85.